The van der Waals surface area contributed by atoms with Crippen LogP contribution in [-0.4, -0.2) is 50.1 Å². The van der Waals surface area contributed by atoms with Gasteiger partial charge in [-0.1, -0.05) is 30.3 Å². The fourth-order valence-electron chi connectivity index (χ4n) is 3.11. The van der Waals surface area contributed by atoms with Gasteiger partial charge in [0.25, 0.3) is 5.91 Å². The minimum absolute atomic E-state index is 0.0419. The first-order chi connectivity index (χ1) is 14.5. The molecule has 0 saturated carbocycles. The van der Waals surface area contributed by atoms with Crippen molar-refractivity contribution in [3.63, 3.8) is 0 Å². The molecule has 2 aromatic rings. The van der Waals surface area contributed by atoms with E-state index in [1.165, 1.54) is 6.92 Å². The highest BCUT2D eigenvalue weighted by Crippen LogP contribution is 2.19. The number of ketones is 1. The highest BCUT2D eigenvalue weighted by molar-refractivity contribution is 5.98. The fraction of sp³-hybridized carbons (Fsp3) is 0.348. The third kappa shape index (κ3) is 6.15. The molecule has 1 aliphatic rings. The fourth-order valence-corrected chi connectivity index (χ4v) is 3.11. The Bertz CT molecular complexity index is 861. The monoisotopic (exact) mass is 410 g/mol. The van der Waals surface area contributed by atoms with Gasteiger partial charge < -0.3 is 19.7 Å². The summed E-state index contributed by atoms with van der Waals surface area (Å²) in [5.74, 6) is -1.13. The molecule has 0 bridgehead atoms. The molecule has 0 unspecified atom stereocenters. The first kappa shape index (κ1) is 21.5. The van der Waals surface area contributed by atoms with E-state index >= 15 is 0 Å². The number of ether oxygens (including phenoxy) is 2. The molecule has 7 nitrogen and oxygen atoms in total. The second-order valence-electron chi connectivity index (χ2n) is 7.06. The lowest BCUT2D eigenvalue weighted by Gasteiger charge is -2.28. The quantitative estimate of drug-likeness (QED) is 0.532. The molecule has 30 heavy (non-hydrogen) atoms. The van der Waals surface area contributed by atoms with E-state index in [0.29, 0.717) is 24.5 Å². The Kier molecular flexibility index (Phi) is 7.57. The van der Waals surface area contributed by atoms with Crippen molar-refractivity contribution in [1.29, 1.82) is 0 Å². The number of carbonyl (C=O) groups excluding carboxylic acids is 3. The van der Waals surface area contributed by atoms with Crippen LogP contribution in [0.2, 0.25) is 0 Å². The SMILES string of the molecule is C[C@@H](OC(=O)CCC(=O)c1ccccc1)C(=O)Nc1ccc(N2CCOCC2)cc1. The van der Waals surface area contributed by atoms with Crippen LogP contribution in [0.1, 0.15) is 30.1 Å². The van der Waals surface area contributed by atoms with Crippen molar-refractivity contribution in [2.45, 2.75) is 25.9 Å². The summed E-state index contributed by atoms with van der Waals surface area (Å²) in [6.45, 7) is 4.60. The molecule has 0 aliphatic carbocycles. The summed E-state index contributed by atoms with van der Waals surface area (Å²) in [5.41, 5.74) is 2.25. The number of rotatable bonds is 8. The zero-order chi connectivity index (χ0) is 21.3. The summed E-state index contributed by atoms with van der Waals surface area (Å²) in [7, 11) is 0. The number of hydrogen-bond acceptors (Lipinski definition) is 6. The Balaban J connectivity index is 1.43. The van der Waals surface area contributed by atoms with Crippen molar-refractivity contribution >= 4 is 29.0 Å². The molecular weight excluding hydrogens is 384 g/mol. The van der Waals surface area contributed by atoms with Crippen LogP contribution < -0.4 is 10.2 Å². The van der Waals surface area contributed by atoms with Gasteiger partial charge in [0.05, 0.1) is 19.6 Å². The van der Waals surface area contributed by atoms with Crippen molar-refractivity contribution in [3.05, 3.63) is 60.2 Å². The van der Waals surface area contributed by atoms with Crippen LogP contribution in [0.5, 0.6) is 0 Å². The summed E-state index contributed by atoms with van der Waals surface area (Å²) < 4.78 is 10.5. The van der Waals surface area contributed by atoms with E-state index in [0.717, 1.165) is 18.8 Å². The Morgan fingerprint density at radius 1 is 1.00 bits per heavy atom. The summed E-state index contributed by atoms with van der Waals surface area (Å²) >= 11 is 0. The minimum Gasteiger partial charge on any atom is -0.453 e. The molecule has 0 spiro atoms. The van der Waals surface area contributed by atoms with Crippen LogP contribution in [0.3, 0.4) is 0 Å². The van der Waals surface area contributed by atoms with Crippen LogP contribution in [-0.2, 0) is 19.1 Å². The standard InChI is InChI=1S/C23H26N2O5/c1-17(30-22(27)12-11-21(26)18-5-3-2-4-6-18)23(28)24-19-7-9-20(10-8-19)25-13-15-29-16-14-25/h2-10,17H,11-16H2,1H3,(H,24,28)/t17-/m1/s1. The normalized spacial score (nSPS) is 14.6. The smallest absolute Gasteiger partial charge is 0.307 e. The van der Waals surface area contributed by atoms with Crippen molar-refractivity contribution in [2.24, 2.45) is 0 Å². The van der Waals surface area contributed by atoms with E-state index in [-0.39, 0.29) is 18.6 Å². The van der Waals surface area contributed by atoms with Gasteiger partial charge >= 0.3 is 5.97 Å². The van der Waals surface area contributed by atoms with Crippen LogP contribution in [0.15, 0.2) is 54.6 Å². The highest BCUT2D eigenvalue weighted by atomic mass is 16.5. The van der Waals surface area contributed by atoms with Gasteiger partial charge in [-0.2, -0.15) is 0 Å². The first-order valence-corrected chi connectivity index (χ1v) is 10.0. The lowest BCUT2D eigenvalue weighted by molar-refractivity contribution is -0.153. The topological polar surface area (TPSA) is 84.9 Å². The number of benzene rings is 2. The van der Waals surface area contributed by atoms with Crippen molar-refractivity contribution < 1.29 is 23.9 Å². The second kappa shape index (κ2) is 10.5. The molecule has 2 aromatic carbocycles. The van der Waals surface area contributed by atoms with Gasteiger partial charge in [-0.25, -0.2) is 0 Å². The minimum atomic E-state index is -0.955. The van der Waals surface area contributed by atoms with Crippen LogP contribution in [0, 0.1) is 0 Å². The van der Waals surface area contributed by atoms with Gasteiger partial charge in [-0.3, -0.25) is 14.4 Å². The molecule has 1 aliphatic heterocycles. The van der Waals surface area contributed by atoms with E-state index in [4.69, 9.17) is 9.47 Å². The zero-order valence-corrected chi connectivity index (χ0v) is 17.0. The number of amides is 1. The van der Waals surface area contributed by atoms with Gasteiger partial charge in [0.15, 0.2) is 11.9 Å². The predicted molar refractivity (Wildman–Crippen MR) is 114 cm³/mol. The molecule has 7 heteroatoms. The molecule has 0 aromatic heterocycles. The van der Waals surface area contributed by atoms with Gasteiger partial charge in [0, 0.05) is 36.4 Å². The molecule has 0 radical (unpaired) electrons. The number of morpholine rings is 1. The molecule has 1 N–H and O–H groups in total. The maximum absolute atomic E-state index is 12.3. The third-order valence-electron chi connectivity index (χ3n) is 4.84. The number of nitrogens with zero attached hydrogens (tertiary/aromatic N) is 1. The molecule has 3 rings (SSSR count). The largest absolute Gasteiger partial charge is 0.453 e. The van der Waals surface area contributed by atoms with Crippen LogP contribution in [0.4, 0.5) is 11.4 Å². The summed E-state index contributed by atoms with van der Waals surface area (Å²) in [6.07, 6.45) is -0.983. The van der Waals surface area contributed by atoms with Crippen LogP contribution in [0.25, 0.3) is 0 Å². The lowest BCUT2D eigenvalue weighted by Crippen LogP contribution is -2.36. The molecule has 1 heterocycles. The van der Waals surface area contributed by atoms with E-state index < -0.39 is 18.0 Å². The molecular formula is C23H26N2O5. The van der Waals surface area contributed by atoms with E-state index in [1.54, 1.807) is 24.3 Å². The number of carbonyl (C=O) groups is 3. The van der Waals surface area contributed by atoms with Gasteiger partial charge in [-0.15, -0.1) is 0 Å². The maximum Gasteiger partial charge on any atom is 0.307 e. The summed E-state index contributed by atoms with van der Waals surface area (Å²) in [4.78, 5) is 38.6. The summed E-state index contributed by atoms with van der Waals surface area (Å²) in [5, 5.41) is 2.74. The molecule has 1 saturated heterocycles. The van der Waals surface area contributed by atoms with Crippen molar-refractivity contribution in [2.75, 3.05) is 36.5 Å². The Morgan fingerprint density at radius 3 is 2.33 bits per heavy atom. The van der Waals surface area contributed by atoms with Gasteiger partial charge in [0.1, 0.15) is 0 Å². The average Bonchev–Trinajstić information content (AvgIpc) is 2.79. The number of anilines is 2. The van der Waals surface area contributed by atoms with Crippen molar-refractivity contribution in [3.8, 4) is 0 Å². The van der Waals surface area contributed by atoms with Crippen molar-refractivity contribution in [1.82, 2.24) is 0 Å². The Morgan fingerprint density at radius 2 is 1.67 bits per heavy atom. The lowest BCUT2D eigenvalue weighted by atomic mass is 10.1. The maximum atomic E-state index is 12.3. The number of Topliss-reactive ketones (excluding diaryl/α,β-unsaturated/α-hetero) is 1. The number of esters is 1. The Labute approximate surface area is 176 Å². The second-order valence-corrected chi connectivity index (χ2v) is 7.06. The third-order valence-corrected chi connectivity index (χ3v) is 4.84. The first-order valence-electron chi connectivity index (χ1n) is 10.0. The summed E-state index contributed by atoms with van der Waals surface area (Å²) in [6, 6.07) is 16.3. The molecule has 1 fully saturated rings. The highest BCUT2D eigenvalue weighted by Gasteiger charge is 2.19. The molecule has 1 atom stereocenters. The molecule has 1 amide bonds. The van der Waals surface area contributed by atoms with E-state index in [2.05, 4.69) is 10.2 Å². The Hall–Kier alpha value is -3.19. The number of hydrogen-bond donors (Lipinski definition) is 1. The van der Waals surface area contributed by atoms with E-state index in [9.17, 15) is 14.4 Å². The van der Waals surface area contributed by atoms with Crippen LogP contribution >= 0.6 is 0 Å². The average molecular weight is 410 g/mol. The zero-order valence-electron chi connectivity index (χ0n) is 17.0. The predicted octanol–water partition coefficient (Wildman–Crippen LogP) is 3.06. The van der Waals surface area contributed by atoms with Gasteiger partial charge in [-0.05, 0) is 31.2 Å². The molecule has 158 valence electrons. The van der Waals surface area contributed by atoms with E-state index in [1.807, 2.05) is 30.3 Å². The number of nitrogens with one attached hydrogen (secondary N) is 1. The van der Waals surface area contributed by atoms with Gasteiger partial charge in [0.2, 0.25) is 0 Å².